The fourth-order valence-electron chi connectivity index (χ4n) is 1.30. The number of hydrogen-bond acceptors (Lipinski definition) is 3. The maximum absolute atomic E-state index is 9.17. The summed E-state index contributed by atoms with van der Waals surface area (Å²) in [5, 5.41) is 18.3. The van der Waals surface area contributed by atoms with Gasteiger partial charge in [-0.25, -0.2) is 0 Å². The van der Waals surface area contributed by atoms with Gasteiger partial charge in [0.15, 0.2) is 0 Å². The van der Waals surface area contributed by atoms with E-state index in [9.17, 15) is 0 Å². The topological polar surface area (TPSA) is 40.5 Å². The molecule has 0 heterocycles. The molecule has 0 rings (SSSR count). The van der Waals surface area contributed by atoms with Crippen LogP contribution in [0.15, 0.2) is 0 Å². The van der Waals surface area contributed by atoms with Crippen molar-refractivity contribution in [3.05, 3.63) is 0 Å². The highest BCUT2D eigenvalue weighted by atomic mass is 32.2. The van der Waals surface area contributed by atoms with E-state index in [2.05, 4.69) is 6.92 Å². The van der Waals surface area contributed by atoms with Gasteiger partial charge in [0, 0.05) is 5.41 Å². The van der Waals surface area contributed by atoms with Crippen LogP contribution in [-0.2, 0) is 0 Å². The van der Waals surface area contributed by atoms with Crippen molar-refractivity contribution >= 4 is 11.8 Å². The Hall–Kier alpha value is 0.270. The first-order valence-corrected chi connectivity index (χ1v) is 6.19. The second-order valence-corrected chi connectivity index (χ2v) is 4.86. The number of rotatable bonds is 8. The molecule has 0 radical (unpaired) electrons. The highest BCUT2D eigenvalue weighted by Crippen LogP contribution is 2.27. The lowest BCUT2D eigenvalue weighted by Crippen LogP contribution is -2.29. The summed E-state index contributed by atoms with van der Waals surface area (Å²) in [6, 6.07) is 0. The van der Waals surface area contributed by atoms with Crippen LogP contribution in [0.1, 0.15) is 33.1 Å². The third-order valence-corrected chi connectivity index (χ3v) is 3.61. The number of thioether (sulfide) groups is 1. The van der Waals surface area contributed by atoms with Crippen LogP contribution in [0, 0.1) is 5.41 Å². The van der Waals surface area contributed by atoms with Crippen molar-refractivity contribution in [1.29, 1.82) is 0 Å². The van der Waals surface area contributed by atoms with E-state index < -0.39 is 0 Å². The molecular weight excluding hydrogens is 184 g/mol. The highest BCUT2D eigenvalue weighted by Gasteiger charge is 2.25. The molecule has 0 unspecified atom stereocenters. The van der Waals surface area contributed by atoms with Crippen LogP contribution in [0.5, 0.6) is 0 Å². The molecule has 0 spiro atoms. The van der Waals surface area contributed by atoms with Gasteiger partial charge in [-0.05, 0) is 30.8 Å². The molecule has 0 aromatic carbocycles. The molecule has 0 aliphatic rings. The van der Waals surface area contributed by atoms with Crippen molar-refractivity contribution < 1.29 is 10.2 Å². The summed E-state index contributed by atoms with van der Waals surface area (Å²) < 4.78 is 0. The SMILES string of the molecule is CCSCCCC(CC)(CO)CO. The van der Waals surface area contributed by atoms with E-state index in [-0.39, 0.29) is 18.6 Å². The first kappa shape index (κ1) is 13.3. The third-order valence-electron chi connectivity index (χ3n) is 2.62. The summed E-state index contributed by atoms with van der Waals surface area (Å²) in [7, 11) is 0. The lowest BCUT2D eigenvalue weighted by Gasteiger charge is -2.28. The summed E-state index contributed by atoms with van der Waals surface area (Å²) in [6.45, 7) is 4.39. The van der Waals surface area contributed by atoms with E-state index in [4.69, 9.17) is 10.2 Å². The van der Waals surface area contributed by atoms with Gasteiger partial charge in [0.05, 0.1) is 13.2 Å². The van der Waals surface area contributed by atoms with Crippen LogP contribution in [0.2, 0.25) is 0 Å². The molecule has 0 atom stereocenters. The van der Waals surface area contributed by atoms with Crippen molar-refractivity contribution in [2.24, 2.45) is 5.41 Å². The molecule has 0 aromatic heterocycles. The van der Waals surface area contributed by atoms with E-state index in [0.717, 1.165) is 30.8 Å². The summed E-state index contributed by atoms with van der Waals surface area (Å²) in [5.41, 5.74) is -0.228. The Kier molecular flexibility index (Phi) is 7.81. The molecule has 2 N–H and O–H groups in total. The summed E-state index contributed by atoms with van der Waals surface area (Å²) in [6.07, 6.45) is 2.88. The molecule has 0 aliphatic heterocycles. The Labute approximate surface area is 85.7 Å². The summed E-state index contributed by atoms with van der Waals surface area (Å²) in [4.78, 5) is 0. The maximum Gasteiger partial charge on any atom is 0.0509 e. The number of aliphatic hydroxyl groups excluding tert-OH is 2. The molecule has 0 aliphatic carbocycles. The Bertz CT molecular complexity index is 105. The molecule has 0 aromatic rings. The van der Waals surface area contributed by atoms with Crippen molar-refractivity contribution in [1.82, 2.24) is 0 Å². The average molecular weight is 206 g/mol. The first-order chi connectivity index (χ1) is 6.24. The quantitative estimate of drug-likeness (QED) is 0.596. The molecule has 0 saturated carbocycles. The van der Waals surface area contributed by atoms with E-state index in [1.54, 1.807) is 0 Å². The van der Waals surface area contributed by atoms with Gasteiger partial charge in [0.2, 0.25) is 0 Å². The third kappa shape index (κ3) is 4.89. The zero-order chi connectivity index (χ0) is 10.2. The molecule has 0 fully saturated rings. The van der Waals surface area contributed by atoms with Crippen molar-refractivity contribution in [3.8, 4) is 0 Å². The van der Waals surface area contributed by atoms with Gasteiger partial charge in [0.25, 0.3) is 0 Å². The number of aliphatic hydroxyl groups is 2. The van der Waals surface area contributed by atoms with Gasteiger partial charge in [-0.1, -0.05) is 13.8 Å². The predicted octanol–water partition coefficient (Wildman–Crippen LogP) is 1.90. The van der Waals surface area contributed by atoms with Crippen LogP contribution < -0.4 is 0 Å². The molecule has 80 valence electrons. The Morgan fingerprint density at radius 1 is 1.15 bits per heavy atom. The van der Waals surface area contributed by atoms with Crippen molar-refractivity contribution in [2.45, 2.75) is 33.1 Å². The van der Waals surface area contributed by atoms with Crippen LogP contribution >= 0.6 is 11.8 Å². The average Bonchev–Trinajstić information content (AvgIpc) is 2.20. The van der Waals surface area contributed by atoms with Crippen molar-refractivity contribution in [2.75, 3.05) is 24.7 Å². The smallest absolute Gasteiger partial charge is 0.0509 e. The summed E-state index contributed by atoms with van der Waals surface area (Å²) in [5.74, 6) is 2.29. The lowest BCUT2D eigenvalue weighted by molar-refractivity contribution is 0.0435. The zero-order valence-electron chi connectivity index (χ0n) is 8.75. The second-order valence-electron chi connectivity index (χ2n) is 3.47. The minimum Gasteiger partial charge on any atom is -0.396 e. The van der Waals surface area contributed by atoms with Gasteiger partial charge in [0.1, 0.15) is 0 Å². The van der Waals surface area contributed by atoms with Gasteiger partial charge in [-0.15, -0.1) is 0 Å². The van der Waals surface area contributed by atoms with Gasteiger partial charge in [-0.2, -0.15) is 11.8 Å². The fraction of sp³-hybridized carbons (Fsp3) is 1.00. The highest BCUT2D eigenvalue weighted by molar-refractivity contribution is 7.99. The monoisotopic (exact) mass is 206 g/mol. The Balaban J connectivity index is 3.68. The normalized spacial score (nSPS) is 12.0. The summed E-state index contributed by atoms with van der Waals surface area (Å²) >= 11 is 1.92. The van der Waals surface area contributed by atoms with Gasteiger partial charge < -0.3 is 10.2 Å². The first-order valence-electron chi connectivity index (χ1n) is 5.04. The Morgan fingerprint density at radius 3 is 2.15 bits per heavy atom. The Morgan fingerprint density at radius 2 is 1.77 bits per heavy atom. The lowest BCUT2D eigenvalue weighted by atomic mass is 9.82. The maximum atomic E-state index is 9.17. The standard InChI is InChI=1S/C10H22O2S/c1-3-10(8-11,9-12)6-5-7-13-4-2/h11-12H,3-9H2,1-2H3. The van der Waals surface area contributed by atoms with E-state index in [1.807, 2.05) is 18.7 Å². The second kappa shape index (κ2) is 7.65. The molecule has 0 saturated heterocycles. The molecular formula is C10H22O2S. The molecule has 0 amide bonds. The van der Waals surface area contributed by atoms with E-state index >= 15 is 0 Å². The van der Waals surface area contributed by atoms with Crippen LogP contribution in [0.3, 0.4) is 0 Å². The van der Waals surface area contributed by atoms with Gasteiger partial charge in [-0.3, -0.25) is 0 Å². The minimum absolute atomic E-state index is 0.108. The van der Waals surface area contributed by atoms with Crippen LogP contribution in [0.25, 0.3) is 0 Å². The van der Waals surface area contributed by atoms with Gasteiger partial charge >= 0.3 is 0 Å². The molecule has 3 heteroatoms. The van der Waals surface area contributed by atoms with E-state index in [0.29, 0.717) is 0 Å². The van der Waals surface area contributed by atoms with Crippen molar-refractivity contribution in [3.63, 3.8) is 0 Å². The number of hydrogen-bond donors (Lipinski definition) is 2. The fourth-order valence-corrected chi connectivity index (χ4v) is 1.94. The largest absolute Gasteiger partial charge is 0.396 e. The predicted molar refractivity (Wildman–Crippen MR) is 59.1 cm³/mol. The zero-order valence-corrected chi connectivity index (χ0v) is 9.57. The minimum atomic E-state index is -0.228. The molecule has 0 bridgehead atoms. The van der Waals surface area contributed by atoms with Crippen LogP contribution in [0.4, 0.5) is 0 Å². The molecule has 2 nitrogen and oxygen atoms in total. The molecule has 13 heavy (non-hydrogen) atoms. The van der Waals surface area contributed by atoms with Crippen LogP contribution in [-0.4, -0.2) is 34.9 Å². The van der Waals surface area contributed by atoms with E-state index in [1.165, 1.54) is 0 Å².